The third kappa shape index (κ3) is 4.70. The summed E-state index contributed by atoms with van der Waals surface area (Å²) in [4.78, 5) is 20.5. The maximum Gasteiger partial charge on any atom is 0.267 e. The molecule has 6 rings (SSSR count). The van der Waals surface area contributed by atoms with E-state index >= 15 is 0 Å². The topological polar surface area (TPSA) is 94.1 Å². The molecule has 1 amide bonds. The van der Waals surface area contributed by atoms with Crippen LogP contribution in [0.1, 0.15) is 42.0 Å². The second-order valence-corrected chi connectivity index (χ2v) is 11.5. The lowest BCUT2D eigenvalue weighted by atomic mass is 9.77. The smallest absolute Gasteiger partial charge is 0.267 e. The van der Waals surface area contributed by atoms with E-state index in [1.165, 1.54) is 5.56 Å². The second-order valence-electron chi connectivity index (χ2n) is 10.4. The van der Waals surface area contributed by atoms with Crippen molar-refractivity contribution in [1.29, 1.82) is 0 Å². The molecule has 2 atom stereocenters. The van der Waals surface area contributed by atoms with E-state index < -0.39 is 0 Å². The first kappa shape index (κ1) is 25.4. The molecule has 2 saturated heterocycles. The Kier molecular flexibility index (Phi) is 7.13. The summed E-state index contributed by atoms with van der Waals surface area (Å²) < 4.78 is 5.53. The number of hydrazine groups is 1. The number of aliphatic hydroxyl groups excluding tert-OH is 1. The number of anilines is 1. The Hall–Kier alpha value is -2.92. The molecule has 4 aliphatic rings. The fourth-order valence-corrected chi connectivity index (χ4v) is 7.15. The Bertz CT molecular complexity index is 1280. The number of rotatable bonds is 3. The van der Waals surface area contributed by atoms with Gasteiger partial charge in [0.05, 0.1) is 30.7 Å². The van der Waals surface area contributed by atoms with Gasteiger partial charge < -0.3 is 19.6 Å². The Morgan fingerprint density at radius 3 is 2.66 bits per heavy atom. The summed E-state index contributed by atoms with van der Waals surface area (Å²) >= 11 is 1.64. The van der Waals surface area contributed by atoms with Gasteiger partial charge in [0.1, 0.15) is 0 Å². The average Bonchev–Trinajstić information content (AvgIpc) is 2.95. The van der Waals surface area contributed by atoms with Gasteiger partial charge in [-0.25, -0.2) is 5.01 Å². The monoisotopic (exact) mass is 534 g/mol. The Morgan fingerprint density at radius 2 is 1.89 bits per heavy atom. The zero-order chi connectivity index (χ0) is 26.2. The number of nitrogens with zero attached hydrogens (tertiary/aromatic N) is 5. The van der Waals surface area contributed by atoms with Gasteiger partial charge in [0.15, 0.2) is 5.82 Å². The zero-order valence-electron chi connectivity index (χ0n) is 21.9. The molecular formula is C28H34N6O3S. The van der Waals surface area contributed by atoms with Gasteiger partial charge in [-0.3, -0.25) is 10.2 Å². The third-order valence-electron chi connectivity index (χ3n) is 8.09. The number of allylic oxidation sites excluding steroid dienone is 1. The van der Waals surface area contributed by atoms with Gasteiger partial charge in [0, 0.05) is 66.1 Å². The van der Waals surface area contributed by atoms with Crippen LogP contribution in [0.2, 0.25) is 0 Å². The number of carbonyl (C=O) groups excluding carboxylic acids is 1. The number of nitrogens with one attached hydrogen (secondary N) is 1. The predicted octanol–water partition coefficient (Wildman–Crippen LogP) is 3.14. The van der Waals surface area contributed by atoms with Crippen LogP contribution >= 0.6 is 11.8 Å². The van der Waals surface area contributed by atoms with Crippen molar-refractivity contribution >= 4 is 29.1 Å². The quantitative estimate of drug-likeness (QED) is 0.576. The fourth-order valence-electron chi connectivity index (χ4n) is 5.83. The van der Waals surface area contributed by atoms with Crippen LogP contribution in [-0.4, -0.2) is 90.6 Å². The molecule has 9 nitrogen and oxygen atoms in total. The number of morpholine rings is 1. The van der Waals surface area contributed by atoms with E-state index in [0.717, 1.165) is 72.4 Å². The molecule has 38 heavy (non-hydrogen) atoms. The molecule has 3 aliphatic heterocycles. The lowest BCUT2D eigenvalue weighted by Crippen LogP contribution is -2.53. The van der Waals surface area contributed by atoms with Crippen molar-refractivity contribution < 1.29 is 14.6 Å². The molecule has 200 valence electrons. The van der Waals surface area contributed by atoms with Crippen molar-refractivity contribution in [2.24, 2.45) is 0 Å². The number of ether oxygens (including phenoxy) is 1. The van der Waals surface area contributed by atoms with Gasteiger partial charge in [0.25, 0.3) is 5.91 Å². The Labute approximate surface area is 227 Å². The summed E-state index contributed by atoms with van der Waals surface area (Å²) in [6.45, 7) is 8.18. The molecule has 2 unspecified atom stereocenters. The first-order chi connectivity index (χ1) is 18.5. The number of thioether (sulfide) groups is 1. The molecule has 1 aliphatic carbocycles. The largest absolute Gasteiger partial charge is 0.515 e. The SMILES string of the molecule is CC1c2nnc(N3CCOCC3)cc2C(=C/O)/C(C(=O)NN2CCN(C)CC2)=C2\CC1c1ccccc1S2. The number of hydrogen-bond donors (Lipinski definition) is 2. The van der Waals surface area contributed by atoms with Crippen molar-refractivity contribution in [3.05, 3.63) is 63.9 Å². The van der Waals surface area contributed by atoms with E-state index in [2.05, 4.69) is 52.5 Å². The molecule has 2 N–H and O–H groups in total. The third-order valence-corrected chi connectivity index (χ3v) is 9.30. The van der Waals surface area contributed by atoms with Gasteiger partial charge in [-0.1, -0.05) is 36.9 Å². The van der Waals surface area contributed by atoms with E-state index in [1.807, 2.05) is 17.1 Å². The maximum absolute atomic E-state index is 14.0. The number of carbonyl (C=O) groups is 1. The Balaban J connectivity index is 1.47. The number of benzene rings is 1. The highest BCUT2D eigenvalue weighted by molar-refractivity contribution is 8.03. The van der Waals surface area contributed by atoms with Crippen LogP contribution in [0.25, 0.3) is 5.57 Å². The van der Waals surface area contributed by atoms with Crippen LogP contribution in [-0.2, 0) is 9.53 Å². The van der Waals surface area contributed by atoms with Crippen LogP contribution in [0.5, 0.6) is 0 Å². The number of aliphatic hydroxyl groups is 1. The number of piperazine rings is 1. The summed E-state index contributed by atoms with van der Waals surface area (Å²) in [5.41, 5.74) is 7.01. The van der Waals surface area contributed by atoms with Crippen LogP contribution < -0.4 is 10.3 Å². The highest BCUT2D eigenvalue weighted by Gasteiger charge is 2.38. The first-order valence-electron chi connectivity index (χ1n) is 13.3. The lowest BCUT2D eigenvalue weighted by molar-refractivity contribution is -0.122. The van der Waals surface area contributed by atoms with Crippen LogP contribution in [0.4, 0.5) is 5.82 Å². The van der Waals surface area contributed by atoms with E-state index in [1.54, 1.807) is 11.8 Å². The summed E-state index contributed by atoms with van der Waals surface area (Å²) in [7, 11) is 2.09. The molecule has 2 aromatic rings. The minimum Gasteiger partial charge on any atom is -0.515 e. The number of aromatic nitrogens is 2. The maximum atomic E-state index is 14.0. The molecule has 1 aromatic heterocycles. The van der Waals surface area contributed by atoms with Gasteiger partial charge in [-0.05, 0) is 37.1 Å². The van der Waals surface area contributed by atoms with E-state index in [4.69, 9.17) is 9.84 Å². The predicted molar refractivity (Wildman–Crippen MR) is 148 cm³/mol. The number of amides is 1. The molecule has 2 fully saturated rings. The van der Waals surface area contributed by atoms with Gasteiger partial charge in [-0.2, -0.15) is 5.10 Å². The fraction of sp³-hybridized carbons (Fsp3) is 0.464. The Morgan fingerprint density at radius 1 is 1.13 bits per heavy atom. The normalized spacial score (nSPS) is 27.3. The first-order valence-corrected chi connectivity index (χ1v) is 14.1. The summed E-state index contributed by atoms with van der Waals surface area (Å²) in [6, 6.07) is 10.4. The van der Waals surface area contributed by atoms with Crippen LogP contribution in [0.15, 0.2) is 52.0 Å². The molecule has 0 saturated carbocycles. The van der Waals surface area contributed by atoms with Gasteiger partial charge in [0.2, 0.25) is 0 Å². The van der Waals surface area contributed by atoms with Gasteiger partial charge in [-0.15, -0.1) is 5.10 Å². The molecule has 0 spiro atoms. The van der Waals surface area contributed by atoms with E-state index in [-0.39, 0.29) is 17.7 Å². The standard InChI is InChI=1S/C28H34N6O3S/c1-18-20-15-24(38-23-6-4-3-5-19(20)23)26(28(36)31-34-9-7-32(2)8-10-34)22(17-35)21-16-25(29-30-27(18)21)33-11-13-37-14-12-33/h3-6,16-18,20,35H,7-15H2,1-2H3,(H,31,36)/b22-17-,26-24-. The van der Waals surface area contributed by atoms with Crippen molar-refractivity contribution in [2.45, 2.75) is 30.1 Å². The molecule has 2 bridgehead atoms. The van der Waals surface area contributed by atoms with E-state index in [9.17, 15) is 9.90 Å². The summed E-state index contributed by atoms with van der Waals surface area (Å²) in [6.07, 6.45) is 1.79. The number of likely N-dealkylation sites (N-methyl/N-ethyl adjacent to an activating group) is 1. The zero-order valence-corrected chi connectivity index (χ0v) is 22.7. The van der Waals surface area contributed by atoms with Gasteiger partial charge >= 0.3 is 0 Å². The van der Waals surface area contributed by atoms with Crippen molar-refractivity contribution in [3.8, 4) is 0 Å². The highest BCUT2D eigenvalue weighted by atomic mass is 32.2. The number of hydrogen-bond acceptors (Lipinski definition) is 9. The van der Waals surface area contributed by atoms with Crippen molar-refractivity contribution in [3.63, 3.8) is 0 Å². The van der Waals surface area contributed by atoms with Crippen molar-refractivity contribution in [1.82, 2.24) is 25.5 Å². The minimum absolute atomic E-state index is 0.0467. The number of fused-ring (bicyclic) bond motifs is 5. The average molecular weight is 535 g/mol. The second kappa shape index (κ2) is 10.7. The molecule has 1 aromatic carbocycles. The summed E-state index contributed by atoms with van der Waals surface area (Å²) in [5, 5.41) is 22.1. The molecule has 4 heterocycles. The summed E-state index contributed by atoms with van der Waals surface area (Å²) in [5.74, 6) is 0.740. The van der Waals surface area contributed by atoms with Crippen LogP contribution in [0, 0.1) is 0 Å². The molecule has 0 radical (unpaired) electrons. The van der Waals surface area contributed by atoms with Crippen LogP contribution in [0.3, 0.4) is 0 Å². The van der Waals surface area contributed by atoms with Crippen molar-refractivity contribution in [2.75, 3.05) is 64.4 Å². The molecular weight excluding hydrogens is 500 g/mol. The van der Waals surface area contributed by atoms with E-state index in [0.29, 0.717) is 30.8 Å². The highest BCUT2D eigenvalue weighted by Crippen LogP contribution is 2.54. The lowest BCUT2D eigenvalue weighted by Gasteiger charge is -2.37. The minimum atomic E-state index is -0.194. The molecule has 10 heteroatoms.